The van der Waals surface area contributed by atoms with Gasteiger partial charge >= 0.3 is 0 Å². The summed E-state index contributed by atoms with van der Waals surface area (Å²) < 4.78 is 17.5. The van der Waals surface area contributed by atoms with Gasteiger partial charge in [-0.15, -0.1) is 0 Å². The summed E-state index contributed by atoms with van der Waals surface area (Å²) in [5.41, 5.74) is 2.06. The molecular formula is C18H22BrNO3. The van der Waals surface area contributed by atoms with Crippen LogP contribution in [0, 0.1) is 0 Å². The van der Waals surface area contributed by atoms with Gasteiger partial charge in [0.25, 0.3) is 0 Å². The molecule has 0 heterocycles. The van der Waals surface area contributed by atoms with Crippen LogP contribution in [0.3, 0.4) is 0 Å². The smallest absolute Gasteiger partial charge is 0.166 e. The van der Waals surface area contributed by atoms with E-state index in [1.54, 1.807) is 14.2 Å². The number of anilines is 1. The molecule has 0 aliphatic carbocycles. The summed E-state index contributed by atoms with van der Waals surface area (Å²) >= 11 is 3.52. The van der Waals surface area contributed by atoms with Gasteiger partial charge in [-0.3, -0.25) is 0 Å². The Morgan fingerprint density at radius 1 is 1.04 bits per heavy atom. The number of hydrogen-bond acceptors (Lipinski definition) is 4. The highest BCUT2D eigenvalue weighted by atomic mass is 79.9. The molecule has 1 N–H and O–H groups in total. The van der Waals surface area contributed by atoms with Gasteiger partial charge in [-0.1, -0.05) is 22.9 Å². The van der Waals surface area contributed by atoms with E-state index in [-0.39, 0.29) is 0 Å². The molecule has 0 aliphatic rings. The summed E-state index contributed by atoms with van der Waals surface area (Å²) in [5, 5.41) is 3.40. The van der Waals surface area contributed by atoms with Gasteiger partial charge in [-0.2, -0.15) is 0 Å². The Labute approximate surface area is 145 Å². The van der Waals surface area contributed by atoms with Crippen LogP contribution in [0.2, 0.25) is 0 Å². The summed E-state index contributed by atoms with van der Waals surface area (Å²) in [6.45, 7) is 3.38. The van der Waals surface area contributed by atoms with E-state index in [2.05, 4.69) is 28.2 Å². The molecule has 0 bridgehead atoms. The number of nitrogens with one attached hydrogen (secondary N) is 1. The molecule has 2 aromatic carbocycles. The van der Waals surface area contributed by atoms with Gasteiger partial charge in [0.2, 0.25) is 0 Å². The summed E-state index contributed by atoms with van der Waals surface area (Å²) in [6.07, 6.45) is 0.949. The average molecular weight is 380 g/mol. The summed E-state index contributed by atoms with van der Waals surface area (Å²) in [6, 6.07) is 11.8. The van der Waals surface area contributed by atoms with Crippen LogP contribution in [-0.2, 0) is 6.54 Å². The first kappa shape index (κ1) is 17.5. The van der Waals surface area contributed by atoms with E-state index in [4.69, 9.17) is 14.2 Å². The predicted molar refractivity (Wildman–Crippen MR) is 96.8 cm³/mol. The van der Waals surface area contributed by atoms with Crippen LogP contribution in [-0.4, -0.2) is 20.8 Å². The molecule has 0 aliphatic heterocycles. The van der Waals surface area contributed by atoms with Crippen LogP contribution in [0.5, 0.6) is 17.2 Å². The highest BCUT2D eigenvalue weighted by Crippen LogP contribution is 2.35. The molecule has 0 aromatic heterocycles. The van der Waals surface area contributed by atoms with Crippen LogP contribution < -0.4 is 19.5 Å². The fourth-order valence-electron chi connectivity index (χ4n) is 2.18. The van der Waals surface area contributed by atoms with Gasteiger partial charge in [0.05, 0.1) is 20.8 Å². The van der Waals surface area contributed by atoms with Crippen LogP contribution in [0.1, 0.15) is 18.9 Å². The van der Waals surface area contributed by atoms with Crippen LogP contribution in [0.4, 0.5) is 5.69 Å². The fourth-order valence-corrected chi connectivity index (χ4v) is 2.66. The predicted octanol–water partition coefficient (Wildman–Crippen LogP) is 4.87. The maximum atomic E-state index is 5.88. The molecule has 0 saturated heterocycles. The molecule has 0 spiro atoms. The van der Waals surface area contributed by atoms with E-state index >= 15 is 0 Å². The topological polar surface area (TPSA) is 39.7 Å². The minimum Gasteiger partial charge on any atom is -0.497 e. The number of halogens is 1. The van der Waals surface area contributed by atoms with Crippen molar-refractivity contribution in [3.05, 3.63) is 46.4 Å². The maximum Gasteiger partial charge on any atom is 0.166 e. The quantitative estimate of drug-likeness (QED) is 0.710. The number of methoxy groups -OCH3 is 2. The molecule has 0 atom stereocenters. The summed E-state index contributed by atoms with van der Waals surface area (Å²) in [5.74, 6) is 2.37. The lowest BCUT2D eigenvalue weighted by Gasteiger charge is -2.16. The number of hydrogen-bond donors (Lipinski definition) is 1. The van der Waals surface area contributed by atoms with Crippen molar-refractivity contribution in [2.24, 2.45) is 0 Å². The Kier molecular flexibility index (Phi) is 6.59. The minimum atomic E-state index is 0.640. The van der Waals surface area contributed by atoms with Crippen LogP contribution in [0.15, 0.2) is 40.9 Å². The van der Waals surface area contributed by atoms with Crippen molar-refractivity contribution in [2.45, 2.75) is 19.9 Å². The Balaban J connectivity index is 2.17. The van der Waals surface area contributed by atoms with Gasteiger partial charge in [-0.05, 0) is 42.8 Å². The van der Waals surface area contributed by atoms with Crippen molar-refractivity contribution in [3.63, 3.8) is 0 Å². The molecular weight excluding hydrogens is 358 g/mol. The highest BCUT2D eigenvalue weighted by Gasteiger charge is 2.12. The third kappa shape index (κ3) is 4.79. The first-order valence-corrected chi connectivity index (χ1v) is 8.34. The van der Waals surface area contributed by atoms with Crippen LogP contribution in [0.25, 0.3) is 0 Å². The Morgan fingerprint density at radius 2 is 1.78 bits per heavy atom. The normalized spacial score (nSPS) is 10.3. The molecule has 2 rings (SSSR count). The van der Waals surface area contributed by atoms with E-state index in [1.807, 2.05) is 36.4 Å². The van der Waals surface area contributed by atoms with E-state index in [0.717, 1.165) is 39.4 Å². The summed E-state index contributed by atoms with van der Waals surface area (Å²) in [7, 11) is 3.31. The zero-order valence-corrected chi connectivity index (χ0v) is 15.3. The first-order chi connectivity index (χ1) is 11.2. The van der Waals surface area contributed by atoms with Gasteiger partial charge in [0.1, 0.15) is 5.75 Å². The SMILES string of the molecule is CCCOc1c(CNc2ccc(OC)cc2)cc(Br)cc1OC. The second-order valence-electron chi connectivity index (χ2n) is 5.03. The monoisotopic (exact) mass is 379 g/mol. The second kappa shape index (κ2) is 8.67. The molecule has 4 nitrogen and oxygen atoms in total. The zero-order valence-electron chi connectivity index (χ0n) is 13.7. The summed E-state index contributed by atoms with van der Waals surface area (Å²) in [4.78, 5) is 0. The molecule has 124 valence electrons. The van der Waals surface area contributed by atoms with Crippen molar-refractivity contribution < 1.29 is 14.2 Å². The Hall–Kier alpha value is -1.88. The second-order valence-corrected chi connectivity index (χ2v) is 5.94. The van der Waals surface area contributed by atoms with Crippen molar-refractivity contribution in [2.75, 3.05) is 26.1 Å². The molecule has 0 amide bonds. The van der Waals surface area contributed by atoms with Crippen LogP contribution >= 0.6 is 15.9 Å². The number of ether oxygens (including phenoxy) is 3. The third-order valence-electron chi connectivity index (χ3n) is 3.34. The van der Waals surface area contributed by atoms with E-state index in [0.29, 0.717) is 13.2 Å². The van der Waals surface area contributed by atoms with E-state index in [1.165, 1.54) is 0 Å². The van der Waals surface area contributed by atoms with Gasteiger partial charge in [0.15, 0.2) is 11.5 Å². The van der Waals surface area contributed by atoms with E-state index in [9.17, 15) is 0 Å². The molecule has 5 heteroatoms. The van der Waals surface area contributed by atoms with Crippen molar-refractivity contribution in [1.29, 1.82) is 0 Å². The molecule has 23 heavy (non-hydrogen) atoms. The van der Waals surface area contributed by atoms with Gasteiger partial charge in [-0.25, -0.2) is 0 Å². The largest absolute Gasteiger partial charge is 0.497 e. The van der Waals surface area contributed by atoms with Crippen molar-refractivity contribution in [1.82, 2.24) is 0 Å². The highest BCUT2D eigenvalue weighted by molar-refractivity contribution is 9.10. The maximum absolute atomic E-state index is 5.88. The van der Waals surface area contributed by atoms with Gasteiger partial charge < -0.3 is 19.5 Å². The molecule has 0 unspecified atom stereocenters. The zero-order chi connectivity index (χ0) is 16.7. The standard InChI is InChI=1S/C18H22BrNO3/c1-4-9-23-18-13(10-14(19)11-17(18)22-3)12-20-15-5-7-16(21-2)8-6-15/h5-8,10-11,20H,4,9,12H2,1-3H3. The fraction of sp³-hybridized carbons (Fsp3) is 0.333. The van der Waals surface area contributed by atoms with Gasteiger partial charge in [0, 0.05) is 22.3 Å². The minimum absolute atomic E-state index is 0.640. The van der Waals surface area contributed by atoms with Crippen molar-refractivity contribution in [3.8, 4) is 17.2 Å². The molecule has 0 saturated carbocycles. The lowest BCUT2D eigenvalue weighted by molar-refractivity contribution is 0.291. The average Bonchev–Trinajstić information content (AvgIpc) is 2.58. The first-order valence-electron chi connectivity index (χ1n) is 7.55. The Bertz CT molecular complexity index is 629. The Morgan fingerprint density at radius 3 is 2.39 bits per heavy atom. The third-order valence-corrected chi connectivity index (χ3v) is 3.80. The number of rotatable bonds is 8. The molecule has 0 fully saturated rings. The molecule has 2 aromatic rings. The lowest BCUT2D eigenvalue weighted by atomic mass is 10.1. The number of benzene rings is 2. The lowest BCUT2D eigenvalue weighted by Crippen LogP contribution is -2.06. The van der Waals surface area contributed by atoms with Crippen molar-refractivity contribution >= 4 is 21.6 Å². The molecule has 0 radical (unpaired) electrons. The van der Waals surface area contributed by atoms with E-state index < -0.39 is 0 Å².